The van der Waals surface area contributed by atoms with Crippen LogP contribution < -0.4 is 5.32 Å². The number of carbonyl (C=O) groups is 1. The van der Waals surface area contributed by atoms with Gasteiger partial charge in [-0.15, -0.1) is 22.9 Å². The van der Waals surface area contributed by atoms with Gasteiger partial charge in [0.2, 0.25) is 0 Å². The molecule has 2 aromatic rings. The third-order valence-electron chi connectivity index (χ3n) is 3.08. The predicted molar refractivity (Wildman–Crippen MR) is 78.0 cm³/mol. The Morgan fingerprint density at radius 1 is 1.47 bits per heavy atom. The first-order valence-electron chi connectivity index (χ1n) is 6.18. The Kier molecular flexibility index (Phi) is 3.53. The highest BCUT2D eigenvalue weighted by Crippen LogP contribution is 2.40. The summed E-state index contributed by atoms with van der Waals surface area (Å²) in [7, 11) is 0. The lowest BCUT2D eigenvalue weighted by Crippen LogP contribution is -2.11. The second-order valence-electron chi connectivity index (χ2n) is 4.64. The molecule has 1 aromatic heterocycles. The fourth-order valence-electron chi connectivity index (χ4n) is 1.88. The van der Waals surface area contributed by atoms with E-state index in [0.29, 0.717) is 22.5 Å². The molecule has 0 atom stereocenters. The number of aromatic nitrogens is 1. The molecule has 0 radical (unpaired) electrons. The molecule has 98 valence electrons. The van der Waals surface area contributed by atoms with E-state index >= 15 is 0 Å². The molecule has 0 bridgehead atoms. The number of thiazole rings is 1. The summed E-state index contributed by atoms with van der Waals surface area (Å²) in [4.78, 5) is 16.5. The van der Waals surface area contributed by atoms with Gasteiger partial charge in [0.1, 0.15) is 0 Å². The first-order valence-corrected chi connectivity index (χ1v) is 7.59. The lowest BCUT2D eigenvalue weighted by molar-refractivity contribution is 0.102. The number of amides is 1. The summed E-state index contributed by atoms with van der Waals surface area (Å²) in [6.07, 6.45) is 2.43. The van der Waals surface area contributed by atoms with Crippen LogP contribution in [0.3, 0.4) is 0 Å². The second kappa shape index (κ2) is 5.31. The highest BCUT2D eigenvalue weighted by atomic mass is 35.5. The van der Waals surface area contributed by atoms with Crippen LogP contribution in [-0.4, -0.2) is 10.9 Å². The zero-order valence-electron chi connectivity index (χ0n) is 10.2. The molecule has 1 aromatic carbocycles. The average molecular weight is 293 g/mol. The maximum Gasteiger partial charge on any atom is 0.257 e. The summed E-state index contributed by atoms with van der Waals surface area (Å²) >= 11 is 7.25. The summed E-state index contributed by atoms with van der Waals surface area (Å²) in [6, 6.07) is 7.32. The largest absolute Gasteiger partial charge is 0.298 e. The molecule has 1 saturated carbocycles. The van der Waals surface area contributed by atoms with E-state index in [4.69, 9.17) is 11.6 Å². The number of carbonyl (C=O) groups excluding carboxylic acids is 1. The Labute approximate surface area is 120 Å². The van der Waals surface area contributed by atoms with E-state index in [1.807, 2.05) is 17.5 Å². The number of anilines is 1. The van der Waals surface area contributed by atoms with Gasteiger partial charge >= 0.3 is 0 Å². The molecule has 1 N–H and O–H groups in total. The Morgan fingerprint density at radius 2 is 2.32 bits per heavy atom. The van der Waals surface area contributed by atoms with Gasteiger partial charge in [0.25, 0.3) is 5.91 Å². The summed E-state index contributed by atoms with van der Waals surface area (Å²) in [5.41, 5.74) is 2.66. The van der Waals surface area contributed by atoms with Crippen molar-refractivity contribution in [2.24, 2.45) is 0 Å². The van der Waals surface area contributed by atoms with Gasteiger partial charge < -0.3 is 0 Å². The van der Waals surface area contributed by atoms with Crippen molar-refractivity contribution in [1.82, 2.24) is 4.98 Å². The SMILES string of the molecule is O=C(Nc1nc(C2CC2)cs1)c1cccc(CCl)c1. The van der Waals surface area contributed by atoms with E-state index in [9.17, 15) is 4.79 Å². The van der Waals surface area contributed by atoms with Crippen LogP contribution in [-0.2, 0) is 5.88 Å². The van der Waals surface area contributed by atoms with E-state index in [2.05, 4.69) is 10.3 Å². The second-order valence-corrected chi connectivity index (χ2v) is 5.77. The number of nitrogens with zero attached hydrogens (tertiary/aromatic N) is 1. The highest BCUT2D eigenvalue weighted by molar-refractivity contribution is 7.14. The number of benzene rings is 1. The number of nitrogens with one attached hydrogen (secondary N) is 1. The third-order valence-corrected chi connectivity index (χ3v) is 4.17. The molecule has 0 aliphatic heterocycles. The van der Waals surface area contributed by atoms with E-state index in [1.165, 1.54) is 24.2 Å². The minimum atomic E-state index is -0.135. The zero-order chi connectivity index (χ0) is 13.2. The molecule has 3 rings (SSSR count). The van der Waals surface area contributed by atoms with Crippen molar-refractivity contribution in [3.8, 4) is 0 Å². The number of halogens is 1. The molecule has 1 fully saturated rings. The van der Waals surface area contributed by atoms with E-state index in [-0.39, 0.29) is 5.91 Å². The molecule has 5 heteroatoms. The van der Waals surface area contributed by atoms with Gasteiger partial charge in [-0.3, -0.25) is 10.1 Å². The standard InChI is InChI=1S/C14H13ClN2OS/c15-7-9-2-1-3-11(6-9)13(18)17-14-16-12(8-19-14)10-4-5-10/h1-3,6,8,10H,4-5,7H2,(H,16,17,18). The third kappa shape index (κ3) is 2.96. The van der Waals surface area contributed by atoms with Crippen molar-refractivity contribution >= 4 is 34.0 Å². The van der Waals surface area contributed by atoms with E-state index in [0.717, 1.165) is 11.3 Å². The van der Waals surface area contributed by atoms with Gasteiger partial charge in [-0.25, -0.2) is 4.98 Å². The van der Waals surface area contributed by atoms with Crippen LogP contribution in [0.15, 0.2) is 29.6 Å². The highest BCUT2D eigenvalue weighted by Gasteiger charge is 2.26. The minimum absolute atomic E-state index is 0.135. The summed E-state index contributed by atoms with van der Waals surface area (Å²) in [5.74, 6) is 0.884. The zero-order valence-corrected chi connectivity index (χ0v) is 11.8. The van der Waals surface area contributed by atoms with Crippen LogP contribution in [0.25, 0.3) is 0 Å². The van der Waals surface area contributed by atoms with Crippen LogP contribution >= 0.6 is 22.9 Å². The summed E-state index contributed by atoms with van der Waals surface area (Å²) in [6.45, 7) is 0. The quantitative estimate of drug-likeness (QED) is 0.865. The van der Waals surface area contributed by atoms with E-state index in [1.54, 1.807) is 12.1 Å². The van der Waals surface area contributed by atoms with Crippen LogP contribution in [0.4, 0.5) is 5.13 Å². The molecular formula is C14H13ClN2OS. The molecule has 1 heterocycles. The molecule has 1 aliphatic carbocycles. The van der Waals surface area contributed by atoms with Crippen LogP contribution in [0.1, 0.15) is 40.4 Å². The topological polar surface area (TPSA) is 42.0 Å². The number of rotatable bonds is 4. The monoisotopic (exact) mass is 292 g/mol. The maximum atomic E-state index is 12.1. The van der Waals surface area contributed by atoms with Gasteiger partial charge in [-0.1, -0.05) is 12.1 Å². The first-order chi connectivity index (χ1) is 9.26. The maximum absolute atomic E-state index is 12.1. The van der Waals surface area contributed by atoms with Crippen LogP contribution in [0.2, 0.25) is 0 Å². The Bertz CT molecular complexity index is 607. The van der Waals surface area contributed by atoms with E-state index < -0.39 is 0 Å². The Balaban J connectivity index is 1.72. The number of alkyl halides is 1. The van der Waals surface area contributed by atoms with Crippen molar-refractivity contribution in [3.05, 3.63) is 46.5 Å². The van der Waals surface area contributed by atoms with Crippen molar-refractivity contribution in [2.45, 2.75) is 24.6 Å². The van der Waals surface area contributed by atoms with Gasteiger partial charge in [0.15, 0.2) is 5.13 Å². The van der Waals surface area contributed by atoms with Crippen LogP contribution in [0.5, 0.6) is 0 Å². The Hall–Kier alpha value is -1.39. The summed E-state index contributed by atoms with van der Waals surface area (Å²) in [5, 5.41) is 5.54. The van der Waals surface area contributed by atoms with Gasteiger partial charge in [0, 0.05) is 22.7 Å². The van der Waals surface area contributed by atoms with Crippen molar-refractivity contribution in [1.29, 1.82) is 0 Å². The molecule has 0 spiro atoms. The van der Waals surface area contributed by atoms with Gasteiger partial charge in [-0.2, -0.15) is 0 Å². The van der Waals surface area contributed by atoms with Gasteiger partial charge in [-0.05, 0) is 30.5 Å². The van der Waals surface area contributed by atoms with Crippen molar-refractivity contribution in [2.75, 3.05) is 5.32 Å². The molecular weight excluding hydrogens is 280 g/mol. The smallest absolute Gasteiger partial charge is 0.257 e. The molecule has 1 aliphatic rings. The fourth-order valence-corrected chi connectivity index (χ4v) is 2.83. The molecule has 1 amide bonds. The molecule has 19 heavy (non-hydrogen) atoms. The molecule has 0 unspecified atom stereocenters. The number of hydrogen-bond acceptors (Lipinski definition) is 3. The van der Waals surface area contributed by atoms with Gasteiger partial charge in [0.05, 0.1) is 5.69 Å². The fraction of sp³-hybridized carbons (Fsp3) is 0.286. The normalized spacial score (nSPS) is 14.4. The first kappa shape index (κ1) is 12.6. The average Bonchev–Trinajstić information content (AvgIpc) is 3.19. The predicted octanol–water partition coefficient (Wildman–Crippen LogP) is 4.01. The molecule has 3 nitrogen and oxygen atoms in total. The number of hydrogen-bond donors (Lipinski definition) is 1. The lowest BCUT2D eigenvalue weighted by Gasteiger charge is -2.03. The lowest BCUT2D eigenvalue weighted by atomic mass is 10.1. The van der Waals surface area contributed by atoms with Crippen molar-refractivity contribution in [3.63, 3.8) is 0 Å². The van der Waals surface area contributed by atoms with Crippen molar-refractivity contribution < 1.29 is 4.79 Å². The van der Waals surface area contributed by atoms with Crippen LogP contribution in [0, 0.1) is 0 Å². The minimum Gasteiger partial charge on any atom is -0.298 e. The Morgan fingerprint density at radius 3 is 3.05 bits per heavy atom. The molecule has 0 saturated heterocycles. The summed E-state index contributed by atoms with van der Waals surface area (Å²) < 4.78 is 0.